The molecule has 2 aromatic carbocycles. The first-order chi connectivity index (χ1) is 11.1. The number of ether oxygens (including phenoxy) is 2. The number of rotatable bonds is 6. The van der Waals surface area contributed by atoms with Crippen LogP contribution in [0.15, 0.2) is 60.7 Å². The van der Waals surface area contributed by atoms with E-state index >= 15 is 0 Å². The molecular weight excluding hydrogens is 294 g/mol. The molecule has 1 N–H and O–H groups in total. The Morgan fingerprint density at radius 2 is 1.61 bits per heavy atom. The third-order valence-electron chi connectivity index (χ3n) is 2.87. The largest absolute Gasteiger partial charge is 0.487 e. The van der Waals surface area contributed by atoms with E-state index in [4.69, 9.17) is 19.8 Å². The molecule has 0 saturated carbocycles. The van der Waals surface area contributed by atoms with Gasteiger partial charge in [-0.15, -0.1) is 0 Å². The van der Waals surface area contributed by atoms with E-state index in [2.05, 4.69) is 0 Å². The van der Waals surface area contributed by atoms with Crippen molar-refractivity contribution in [3.63, 3.8) is 0 Å². The summed E-state index contributed by atoms with van der Waals surface area (Å²) in [6.07, 6.45) is 2.16. The molecule has 2 aromatic rings. The zero-order valence-corrected chi connectivity index (χ0v) is 12.5. The van der Waals surface area contributed by atoms with Crippen molar-refractivity contribution in [3.8, 4) is 23.3 Å². The Bertz CT molecular complexity index is 727. The van der Waals surface area contributed by atoms with Gasteiger partial charge < -0.3 is 14.6 Å². The maximum atomic E-state index is 10.4. The fourth-order valence-corrected chi connectivity index (χ4v) is 1.79. The highest BCUT2D eigenvalue weighted by Gasteiger charge is 2.02. The van der Waals surface area contributed by atoms with E-state index in [9.17, 15) is 4.79 Å². The monoisotopic (exact) mass is 309 g/mol. The van der Waals surface area contributed by atoms with Gasteiger partial charge in [0.1, 0.15) is 23.4 Å². The summed E-state index contributed by atoms with van der Waals surface area (Å²) in [5, 5.41) is 17.3. The molecule has 0 aliphatic heterocycles. The van der Waals surface area contributed by atoms with Crippen molar-refractivity contribution in [1.29, 1.82) is 5.26 Å². The highest BCUT2D eigenvalue weighted by Crippen LogP contribution is 2.24. The van der Waals surface area contributed by atoms with E-state index in [0.29, 0.717) is 22.8 Å². The molecule has 0 aromatic heterocycles. The molecule has 5 nitrogen and oxygen atoms in total. The number of aliphatic carboxylic acids is 1. The van der Waals surface area contributed by atoms with Crippen LogP contribution in [-0.2, 0) is 4.79 Å². The number of benzene rings is 2. The molecule has 0 bridgehead atoms. The summed E-state index contributed by atoms with van der Waals surface area (Å²) in [7, 11) is 0. The number of carboxylic acids is 1. The first-order valence-electron chi connectivity index (χ1n) is 6.92. The zero-order valence-electron chi connectivity index (χ0n) is 12.5. The van der Waals surface area contributed by atoms with Crippen LogP contribution in [0.5, 0.6) is 17.2 Å². The summed E-state index contributed by atoms with van der Waals surface area (Å²) in [5.41, 5.74) is 0.574. The van der Waals surface area contributed by atoms with Gasteiger partial charge in [-0.05, 0) is 61.5 Å². The SMILES string of the molecule is CC(/C=C/C(=O)O)Oc1ccc(Oc2ccc(C#N)cc2)cc1. The van der Waals surface area contributed by atoms with E-state index in [0.717, 1.165) is 6.08 Å². The standard InChI is InChI=1S/C18H15NO4/c1-13(2-11-18(20)21)22-15-7-9-17(10-8-15)23-16-5-3-14(12-19)4-6-16/h2-11,13H,1H3,(H,20,21)/b11-2+. The van der Waals surface area contributed by atoms with Crippen molar-refractivity contribution < 1.29 is 19.4 Å². The van der Waals surface area contributed by atoms with Crippen molar-refractivity contribution in [3.05, 3.63) is 66.2 Å². The van der Waals surface area contributed by atoms with E-state index in [1.54, 1.807) is 55.5 Å². The molecule has 0 amide bonds. The maximum Gasteiger partial charge on any atom is 0.328 e. The van der Waals surface area contributed by atoms with Gasteiger partial charge in [0.2, 0.25) is 0 Å². The molecule has 0 aliphatic carbocycles. The molecule has 2 rings (SSSR count). The molecule has 0 fully saturated rings. The summed E-state index contributed by atoms with van der Waals surface area (Å²) in [6.45, 7) is 1.75. The predicted molar refractivity (Wildman–Crippen MR) is 84.5 cm³/mol. The number of nitrogens with zero attached hydrogens (tertiary/aromatic N) is 1. The molecule has 116 valence electrons. The summed E-state index contributed by atoms with van der Waals surface area (Å²) < 4.78 is 11.2. The molecule has 5 heteroatoms. The Hall–Kier alpha value is -3.26. The second kappa shape index (κ2) is 7.66. The second-order valence-corrected chi connectivity index (χ2v) is 4.73. The molecule has 0 saturated heterocycles. The molecule has 1 unspecified atom stereocenters. The fraction of sp³-hybridized carbons (Fsp3) is 0.111. The number of nitriles is 1. The maximum absolute atomic E-state index is 10.4. The van der Waals surface area contributed by atoms with Crippen LogP contribution in [-0.4, -0.2) is 17.2 Å². The van der Waals surface area contributed by atoms with E-state index < -0.39 is 5.97 Å². The van der Waals surface area contributed by atoms with Crippen molar-refractivity contribution in [2.24, 2.45) is 0 Å². The lowest BCUT2D eigenvalue weighted by atomic mass is 10.2. The van der Waals surface area contributed by atoms with Crippen LogP contribution in [0.1, 0.15) is 12.5 Å². The average Bonchev–Trinajstić information content (AvgIpc) is 2.55. The van der Waals surface area contributed by atoms with E-state index in [1.807, 2.05) is 6.07 Å². The van der Waals surface area contributed by atoms with Gasteiger partial charge >= 0.3 is 5.97 Å². The van der Waals surface area contributed by atoms with Crippen molar-refractivity contribution in [1.82, 2.24) is 0 Å². The summed E-state index contributed by atoms with van der Waals surface area (Å²) in [5.74, 6) is 0.873. The lowest BCUT2D eigenvalue weighted by Crippen LogP contribution is -2.08. The van der Waals surface area contributed by atoms with Gasteiger partial charge in [-0.1, -0.05) is 0 Å². The van der Waals surface area contributed by atoms with Crippen LogP contribution in [0.2, 0.25) is 0 Å². The Balaban J connectivity index is 1.96. The lowest BCUT2D eigenvalue weighted by Gasteiger charge is -2.11. The topological polar surface area (TPSA) is 79.6 Å². The Labute approximate surface area is 134 Å². The molecular formula is C18H15NO4. The highest BCUT2D eigenvalue weighted by atomic mass is 16.5. The van der Waals surface area contributed by atoms with Crippen molar-refractivity contribution >= 4 is 5.97 Å². The minimum atomic E-state index is -1.01. The number of carbonyl (C=O) groups is 1. The molecule has 0 spiro atoms. The van der Waals surface area contributed by atoms with Gasteiger partial charge in [0.25, 0.3) is 0 Å². The molecule has 23 heavy (non-hydrogen) atoms. The average molecular weight is 309 g/mol. The molecule has 0 aliphatic rings. The highest BCUT2D eigenvalue weighted by molar-refractivity contribution is 5.79. The van der Waals surface area contributed by atoms with Crippen LogP contribution in [0.25, 0.3) is 0 Å². The minimum absolute atomic E-state index is 0.351. The van der Waals surface area contributed by atoms with Crippen LogP contribution < -0.4 is 9.47 Å². The number of carboxylic acid groups (broad SMARTS) is 1. The van der Waals surface area contributed by atoms with Crippen LogP contribution in [0, 0.1) is 11.3 Å². The van der Waals surface area contributed by atoms with Crippen molar-refractivity contribution in [2.75, 3.05) is 0 Å². The minimum Gasteiger partial charge on any atom is -0.487 e. The van der Waals surface area contributed by atoms with Crippen LogP contribution in [0.3, 0.4) is 0 Å². The van der Waals surface area contributed by atoms with Crippen LogP contribution >= 0.6 is 0 Å². The first kappa shape index (κ1) is 16.1. The lowest BCUT2D eigenvalue weighted by molar-refractivity contribution is -0.131. The number of hydrogen-bond donors (Lipinski definition) is 1. The second-order valence-electron chi connectivity index (χ2n) is 4.73. The van der Waals surface area contributed by atoms with Gasteiger partial charge in [0.05, 0.1) is 11.6 Å². The molecule has 0 heterocycles. The molecule has 0 radical (unpaired) electrons. The van der Waals surface area contributed by atoms with Gasteiger partial charge in [0.15, 0.2) is 0 Å². The Kier molecular flexibility index (Phi) is 5.37. The van der Waals surface area contributed by atoms with Crippen LogP contribution in [0.4, 0.5) is 0 Å². The third kappa shape index (κ3) is 5.21. The summed E-state index contributed by atoms with van der Waals surface area (Å²) in [4.78, 5) is 10.4. The van der Waals surface area contributed by atoms with E-state index in [-0.39, 0.29) is 6.10 Å². The molecule has 1 atom stereocenters. The number of hydrogen-bond acceptors (Lipinski definition) is 4. The quantitative estimate of drug-likeness (QED) is 0.822. The predicted octanol–water partition coefficient (Wildman–Crippen LogP) is 3.76. The van der Waals surface area contributed by atoms with Crippen molar-refractivity contribution in [2.45, 2.75) is 13.0 Å². The summed E-state index contributed by atoms with van der Waals surface area (Å²) >= 11 is 0. The summed E-state index contributed by atoms with van der Waals surface area (Å²) in [6, 6.07) is 15.8. The Morgan fingerprint density at radius 3 is 2.13 bits per heavy atom. The van der Waals surface area contributed by atoms with Gasteiger partial charge in [-0.3, -0.25) is 0 Å². The fourth-order valence-electron chi connectivity index (χ4n) is 1.79. The third-order valence-corrected chi connectivity index (χ3v) is 2.87. The first-order valence-corrected chi connectivity index (χ1v) is 6.92. The Morgan fingerprint density at radius 1 is 1.09 bits per heavy atom. The zero-order chi connectivity index (χ0) is 16.7. The van der Waals surface area contributed by atoms with Gasteiger partial charge in [-0.25, -0.2) is 4.79 Å². The smallest absolute Gasteiger partial charge is 0.328 e. The van der Waals surface area contributed by atoms with Gasteiger partial charge in [0, 0.05) is 6.08 Å². The van der Waals surface area contributed by atoms with E-state index in [1.165, 1.54) is 6.08 Å². The normalized spacial score (nSPS) is 11.7. The van der Waals surface area contributed by atoms with Gasteiger partial charge in [-0.2, -0.15) is 5.26 Å².